The molecule has 0 amide bonds. The van der Waals surface area contributed by atoms with Crippen molar-refractivity contribution < 1.29 is 17.9 Å². The van der Waals surface area contributed by atoms with Crippen molar-refractivity contribution in [1.29, 1.82) is 0 Å². The van der Waals surface area contributed by atoms with Gasteiger partial charge < -0.3 is 14.2 Å². The van der Waals surface area contributed by atoms with Gasteiger partial charge in [0.1, 0.15) is 5.82 Å². The van der Waals surface area contributed by atoms with Gasteiger partial charge >= 0.3 is 6.18 Å². The quantitative estimate of drug-likeness (QED) is 0.581. The number of hydrogen-bond donors (Lipinski definition) is 0. The number of ether oxygens (including phenoxy) is 1. The zero-order chi connectivity index (χ0) is 21.5. The van der Waals surface area contributed by atoms with Crippen LogP contribution in [0.5, 0.6) is 0 Å². The summed E-state index contributed by atoms with van der Waals surface area (Å²) in [6.07, 6.45) is -2.27. The van der Waals surface area contributed by atoms with E-state index >= 15 is 0 Å². The number of alkyl halides is 3. The zero-order valence-electron chi connectivity index (χ0n) is 16.4. The third-order valence-electron chi connectivity index (χ3n) is 5.37. The minimum atomic E-state index is -4.41. The second-order valence-corrected chi connectivity index (χ2v) is 8.99. The van der Waals surface area contributed by atoms with Crippen molar-refractivity contribution in [2.24, 2.45) is 0 Å². The van der Waals surface area contributed by atoms with Gasteiger partial charge in [0.25, 0.3) is 0 Å². The van der Waals surface area contributed by atoms with E-state index in [9.17, 15) is 13.2 Å². The summed E-state index contributed by atoms with van der Waals surface area (Å²) < 4.78 is 46.6. The first-order chi connectivity index (χ1) is 14.0. The molecular formula is C19H18ClF3N6O. The lowest BCUT2D eigenvalue weighted by Crippen LogP contribution is -2.58. The molecule has 2 fully saturated rings. The van der Waals surface area contributed by atoms with Gasteiger partial charge in [-0.25, -0.2) is 15.0 Å². The number of pyridine rings is 1. The standard InChI is InChI=1S/C19H18ClF3N6O/c1-17(2,3)15-26-13-12(25-9-28(13)7-11-10(20)5-4-6-24-11)14(27-15)29-8-18(16(29)30-18)19(21,22)23/h4-6,9,16H,7-8H2,1-3H3/t16-,18?/m0/s1. The Morgan fingerprint density at radius 2 is 2.00 bits per heavy atom. The Morgan fingerprint density at radius 3 is 2.60 bits per heavy atom. The summed E-state index contributed by atoms with van der Waals surface area (Å²) in [7, 11) is 0. The summed E-state index contributed by atoms with van der Waals surface area (Å²) in [5.74, 6) is 0.849. The maximum Gasteiger partial charge on any atom is 0.423 e. The Hall–Kier alpha value is -2.46. The molecule has 2 aliphatic rings. The molecule has 0 aromatic carbocycles. The molecule has 2 saturated heterocycles. The van der Waals surface area contributed by atoms with Crippen molar-refractivity contribution in [1.82, 2.24) is 24.5 Å². The molecule has 0 spiro atoms. The van der Waals surface area contributed by atoms with Crippen molar-refractivity contribution in [2.75, 3.05) is 11.4 Å². The van der Waals surface area contributed by atoms with E-state index in [-0.39, 0.29) is 6.54 Å². The van der Waals surface area contributed by atoms with Crippen molar-refractivity contribution in [2.45, 2.75) is 50.7 Å². The monoisotopic (exact) mass is 438 g/mol. The number of fused-ring (bicyclic) bond motifs is 2. The molecule has 7 nitrogen and oxygen atoms in total. The molecule has 11 heteroatoms. The molecule has 0 aliphatic carbocycles. The first-order valence-corrected chi connectivity index (χ1v) is 9.73. The number of halogens is 4. The van der Waals surface area contributed by atoms with Gasteiger partial charge in [-0.1, -0.05) is 32.4 Å². The summed E-state index contributed by atoms with van der Waals surface area (Å²) in [5, 5.41) is 0.508. The van der Waals surface area contributed by atoms with Crippen LogP contribution < -0.4 is 4.90 Å². The molecule has 0 saturated carbocycles. The lowest BCUT2D eigenvalue weighted by atomic mass is 9.95. The van der Waals surface area contributed by atoms with Gasteiger partial charge in [-0.15, -0.1) is 0 Å². The molecule has 0 bridgehead atoms. The molecule has 5 heterocycles. The molecule has 0 N–H and O–H groups in total. The summed E-state index contributed by atoms with van der Waals surface area (Å²) >= 11 is 6.23. The average Bonchev–Trinajstić information content (AvgIpc) is 3.04. The highest BCUT2D eigenvalue weighted by Crippen LogP contribution is 2.59. The predicted molar refractivity (Wildman–Crippen MR) is 103 cm³/mol. The van der Waals surface area contributed by atoms with E-state index in [1.54, 1.807) is 29.2 Å². The number of aromatic nitrogens is 5. The highest BCUT2D eigenvalue weighted by Gasteiger charge is 2.83. The fourth-order valence-electron chi connectivity index (χ4n) is 3.58. The van der Waals surface area contributed by atoms with Crippen molar-refractivity contribution in [3.05, 3.63) is 41.2 Å². The topological polar surface area (TPSA) is 72.3 Å². The maximum absolute atomic E-state index is 13.3. The Bertz CT molecular complexity index is 1160. The largest absolute Gasteiger partial charge is 0.423 e. The van der Waals surface area contributed by atoms with Crippen LogP contribution >= 0.6 is 11.6 Å². The van der Waals surface area contributed by atoms with E-state index in [1.807, 2.05) is 20.8 Å². The second-order valence-electron chi connectivity index (χ2n) is 8.58. The first kappa shape index (κ1) is 19.5. The average molecular weight is 439 g/mol. The molecule has 30 heavy (non-hydrogen) atoms. The van der Waals surface area contributed by atoms with Gasteiger partial charge in [0.15, 0.2) is 23.2 Å². The molecule has 3 aromatic heterocycles. The molecule has 0 radical (unpaired) electrons. The van der Waals surface area contributed by atoms with E-state index < -0.39 is 23.4 Å². The maximum atomic E-state index is 13.3. The van der Waals surface area contributed by atoms with E-state index in [0.29, 0.717) is 40.1 Å². The Labute approximate surface area is 174 Å². The van der Waals surface area contributed by atoms with E-state index in [0.717, 1.165) is 0 Å². The van der Waals surface area contributed by atoms with Crippen LogP contribution in [0.15, 0.2) is 24.7 Å². The minimum Gasteiger partial charge on any atom is -0.332 e. The van der Waals surface area contributed by atoms with Crippen LogP contribution in [0.1, 0.15) is 32.3 Å². The van der Waals surface area contributed by atoms with Gasteiger partial charge in [-0.2, -0.15) is 13.2 Å². The lowest BCUT2D eigenvalue weighted by Gasteiger charge is -2.35. The van der Waals surface area contributed by atoms with Crippen LogP contribution in [0.25, 0.3) is 11.2 Å². The summed E-state index contributed by atoms with van der Waals surface area (Å²) in [5.41, 5.74) is -0.938. The first-order valence-electron chi connectivity index (χ1n) is 9.35. The molecule has 5 rings (SSSR count). The van der Waals surface area contributed by atoms with Gasteiger partial charge in [-0.3, -0.25) is 4.98 Å². The SMILES string of the molecule is CC(C)(C)c1nc(N2CC3(C(F)(F)F)O[C@H]23)c2ncn(Cc3ncccc3Cl)c2n1. The number of nitrogens with zero attached hydrogens (tertiary/aromatic N) is 6. The van der Waals surface area contributed by atoms with Gasteiger partial charge in [0.05, 0.1) is 30.1 Å². The Balaban J connectivity index is 1.58. The molecule has 2 atom stereocenters. The highest BCUT2D eigenvalue weighted by atomic mass is 35.5. The summed E-state index contributed by atoms with van der Waals surface area (Å²) in [6, 6.07) is 3.48. The van der Waals surface area contributed by atoms with Crippen LogP contribution in [-0.4, -0.2) is 49.1 Å². The van der Waals surface area contributed by atoms with E-state index in [4.69, 9.17) is 16.3 Å². The second kappa shape index (κ2) is 6.04. The fraction of sp³-hybridized carbons (Fsp3) is 0.474. The molecule has 158 valence electrons. The number of epoxide rings is 1. The number of hydrogen-bond acceptors (Lipinski definition) is 6. The van der Waals surface area contributed by atoms with Crippen molar-refractivity contribution >= 4 is 28.6 Å². The predicted octanol–water partition coefficient (Wildman–Crippen LogP) is 3.70. The molecular weight excluding hydrogens is 421 g/mol. The smallest absolute Gasteiger partial charge is 0.332 e. The lowest BCUT2D eigenvalue weighted by molar-refractivity contribution is -0.185. The van der Waals surface area contributed by atoms with Gasteiger partial charge in [-0.05, 0) is 12.1 Å². The number of anilines is 1. The fourth-order valence-corrected chi connectivity index (χ4v) is 3.76. The van der Waals surface area contributed by atoms with Crippen LogP contribution in [0, 0.1) is 0 Å². The molecule has 3 aromatic rings. The van der Waals surface area contributed by atoms with Crippen LogP contribution in [0.2, 0.25) is 5.02 Å². The third kappa shape index (κ3) is 2.77. The number of imidazole rings is 1. The van der Waals surface area contributed by atoms with Crippen LogP contribution in [-0.2, 0) is 16.7 Å². The van der Waals surface area contributed by atoms with Crippen LogP contribution in [0.4, 0.5) is 19.0 Å². The Kier molecular flexibility index (Phi) is 3.93. The Morgan fingerprint density at radius 1 is 1.23 bits per heavy atom. The minimum absolute atomic E-state index is 0.310. The zero-order valence-corrected chi connectivity index (χ0v) is 17.2. The van der Waals surface area contributed by atoms with E-state index in [1.165, 1.54) is 4.90 Å². The van der Waals surface area contributed by atoms with Crippen molar-refractivity contribution in [3.63, 3.8) is 0 Å². The summed E-state index contributed by atoms with van der Waals surface area (Å²) in [6.45, 7) is 5.84. The van der Waals surface area contributed by atoms with E-state index in [2.05, 4.69) is 19.9 Å². The number of rotatable bonds is 3. The third-order valence-corrected chi connectivity index (χ3v) is 5.72. The molecule has 1 unspecified atom stereocenters. The molecule has 2 aliphatic heterocycles. The highest BCUT2D eigenvalue weighted by molar-refractivity contribution is 6.31. The van der Waals surface area contributed by atoms with Gasteiger partial charge in [0, 0.05) is 11.6 Å². The normalized spacial score (nSPS) is 23.4. The van der Waals surface area contributed by atoms with Crippen molar-refractivity contribution in [3.8, 4) is 0 Å². The summed E-state index contributed by atoms with van der Waals surface area (Å²) in [4.78, 5) is 19.4. The van der Waals surface area contributed by atoms with Crippen LogP contribution in [0.3, 0.4) is 0 Å². The van der Waals surface area contributed by atoms with Gasteiger partial charge in [0.2, 0.25) is 5.60 Å².